The molecule has 0 saturated carbocycles. The second kappa shape index (κ2) is 23.5. The number of carbonyl (C=O) groups excluding carboxylic acids is 6. The largest absolute Gasteiger partial charge is 0.496 e. The van der Waals surface area contributed by atoms with Crippen molar-refractivity contribution < 1.29 is 66.5 Å². The Hall–Kier alpha value is -5.99. The molecule has 3 heterocycles. The molecule has 2 fully saturated rings. The first-order valence-corrected chi connectivity index (χ1v) is 20.8. The first kappa shape index (κ1) is 48.0. The molecule has 20 heteroatoms. The number of unbranched alkanes of at least 4 members (excludes halogenated alkanes) is 2. The first-order chi connectivity index (χ1) is 30.2. The second-order valence-corrected chi connectivity index (χ2v) is 15.4. The van der Waals surface area contributed by atoms with Gasteiger partial charge in [0, 0.05) is 62.6 Å². The van der Waals surface area contributed by atoms with E-state index in [0.717, 1.165) is 5.56 Å². The summed E-state index contributed by atoms with van der Waals surface area (Å²) in [5.74, 6) is -2.87. The van der Waals surface area contributed by atoms with Crippen LogP contribution in [0.5, 0.6) is 5.75 Å². The Morgan fingerprint density at radius 3 is 2.43 bits per heavy atom. The fourth-order valence-electron chi connectivity index (χ4n) is 7.09. The van der Waals surface area contributed by atoms with Crippen LogP contribution in [0.25, 0.3) is 11.3 Å². The number of carbonyl (C=O) groups is 6. The minimum Gasteiger partial charge on any atom is -0.496 e. The maximum absolute atomic E-state index is 15.0. The highest BCUT2D eigenvalue weighted by Gasteiger charge is 2.44. The predicted octanol–water partition coefficient (Wildman–Crippen LogP) is 4.61. The number of ether oxygens (including phenoxy) is 6. The second-order valence-electron chi connectivity index (χ2n) is 15.4. The van der Waals surface area contributed by atoms with Crippen LogP contribution in [0.1, 0.15) is 77.3 Å². The molecule has 5 rings (SSSR count). The molecule has 0 aliphatic carbocycles. The Bertz CT molecular complexity index is 2020. The lowest BCUT2D eigenvalue weighted by Gasteiger charge is -2.44. The van der Waals surface area contributed by atoms with Gasteiger partial charge in [-0.2, -0.15) is 0 Å². The molecule has 2 aromatic carbocycles. The molecule has 3 amide bonds. The molecule has 2 saturated heterocycles. The van der Waals surface area contributed by atoms with E-state index in [1.54, 1.807) is 41.2 Å². The maximum Gasteiger partial charge on any atom is 0.407 e. The van der Waals surface area contributed by atoms with Gasteiger partial charge in [-0.1, -0.05) is 67.9 Å². The Morgan fingerprint density at radius 2 is 1.73 bits per heavy atom. The standard InChI is InChI=1S/C43H55FN6O13/c1-27-28(2)42(58-26-34(60-29(3)51)22-48(44)21-31-12-8-6-9-13-31)62-37(41(27)61-30(4)52)24-49-23-35(46-47-49)32-15-16-33(36(20-32)57-5)25-59-43(56)45-19-11-7-10-14-40(55)63-50-38(53)17-18-39(50)54/h6,8-9,12-13,15-16,20,23,27-28,34,37,41-42H,7,10-11,14,17-19,21-22,24-26H2,1-5H3,(H,45,56)/t27-,28?,34?,37?,41-,42?/m1/s1. The van der Waals surface area contributed by atoms with Gasteiger partial charge in [-0.3, -0.25) is 19.2 Å². The molecule has 3 aromatic rings. The van der Waals surface area contributed by atoms with Crippen LogP contribution < -0.4 is 10.1 Å². The predicted molar refractivity (Wildman–Crippen MR) is 218 cm³/mol. The number of rotatable bonds is 22. The van der Waals surface area contributed by atoms with Gasteiger partial charge < -0.3 is 38.6 Å². The van der Waals surface area contributed by atoms with E-state index in [0.29, 0.717) is 58.6 Å². The zero-order valence-corrected chi connectivity index (χ0v) is 36.1. The lowest BCUT2D eigenvalue weighted by atomic mass is 9.84. The average molecular weight is 883 g/mol. The van der Waals surface area contributed by atoms with Crippen molar-refractivity contribution in [1.82, 2.24) is 30.5 Å². The van der Waals surface area contributed by atoms with Crippen molar-refractivity contribution in [2.24, 2.45) is 11.8 Å². The van der Waals surface area contributed by atoms with Gasteiger partial charge in [0.15, 0.2) is 6.29 Å². The molecule has 0 radical (unpaired) electrons. The van der Waals surface area contributed by atoms with Crippen LogP contribution in [0.4, 0.5) is 9.28 Å². The Kier molecular flexibility index (Phi) is 17.9. The Morgan fingerprint density at radius 1 is 0.984 bits per heavy atom. The normalized spacial score (nSPS) is 20.3. The number of hydroxylamine groups is 2. The molecule has 4 unspecified atom stereocenters. The van der Waals surface area contributed by atoms with Gasteiger partial charge >= 0.3 is 24.0 Å². The quantitative estimate of drug-likeness (QED) is 0.0479. The van der Waals surface area contributed by atoms with Gasteiger partial charge in [-0.25, -0.2) is 14.3 Å². The summed E-state index contributed by atoms with van der Waals surface area (Å²) >= 11 is 0. The van der Waals surface area contributed by atoms with Crippen LogP contribution in [0, 0.1) is 11.8 Å². The smallest absolute Gasteiger partial charge is 0.407 e. The van der Waals surface area contributed by atoms with Gasteiger partial charge in [0.05, 0.1) is 39.5 Å². The van der Waals surface area contributed by atoms with Crippen molar-refractivity contribution >= 4 is 35.8 Å². The van der Waals surface area contributed by atoms with Gasteiger partial charge in [0.2, 0.25) is 0 Å². The fraction of sp³-hybridized carbons (Fsp3) is 0.535. The number of imide groups is 1. The molecular formula is C43H55FN6O13. The average Bonchev–Trinajstić information content (AvgIpc) is 3.85. The zero-order valence-electron chi connectivity index (χ0n) is 36.1. The highest BCUT2D eigenvalue weighted by atomic mass is 19.2. The molecule has 0 spiro atoms. The number of amides is 3. The van der Waals surface area contributed by atoms with Gasteiger partial charge in [0.25, 0.3) is 11.8 Å². The van der Waals surface area contributed by atoms with Crippen molar-refractivity contribution in [3.63, 3.8) is 0 Å². The number of benzene rings is 2. The van der Waals surface area contributed by atoms with E-state index < -0.39 is 60.4 Å². The molecule has 2 aliphatic heterocycles. The molecule has 1 aromatic heterocycles. The minimum absolute atomic E-state index is 0.00627. The van der Waals surface area contributed by atoms with E-state index >= 15 is 0 Å². The van der Waals surface area contributed by atoms with Crippen molar-refractivity contribution in [2.75, 3.05) is 26.8 Å². The molecule has 0 bridgehead atoms. The van der Waals surface area contributed by atoms with Gasteiger partial charge in [-0.05, 0) is 24.5 Å². The third kappa shape index (κ3) is 14.5. The fourth-order valence-corrected chi connectivity index (χ4v) is 7.09. The van der Waals surface area contributed by atoms with Crippen LogP contribution >= 0.6 is 0 Å². The Balaban J connectivity index is 1.12. The number of alkyl carbamates (subject to hydrolysis) is 1. The van der Waals surface area contributed by atoms with Gasteiger partial charge in [0.1, 0.15) is 36.4 Å². The van der Waals surface area contributed by atoms with E-state index in [-0.39, 0.29) is 63.9 Å². The summed E-state index contributed by atoms with van der Waals surface area (Å²) in [6, 6.07) is 14.3. The van der Waals surface area contributed by atoms with Crippen molar-refractivity contribution in [2.45, 2.75) is 111 Å². The molecule has 6 atom stereocenters. The zero-order chi connectivity index (χ0) is 45.5. The van der Waals surface area contributed by atoms with Crippen LogP contribution in [0.15, 0.2) is 54.7 Å². The van der Waals surface area contributed by atoms with Crippen LogP contribution in [-0.2, 0) is 72.2 Å². The summed E-state index contributed by atoms with van der Waals surface area (Å²) < 4.78 is 51.2. The number of methoxy groups -OCH3 is 1. The molecular weight excluding hydrogens is 827 g/mol. The molecule has 1 N–H and O–H groups in total. The number of nitrogens with zero attached hydrogens (tertiary/aromatic N) is 5. The SMILES string of the molecule is COc1cc(-c2cn(CC3OC(OCC(CN(F)Cc4ccccc4)OC(C)=O)C(C)[C@@H](C)[C@H]3OC(C)=O)nn2)ccc1COC(=O)NCCCCCC(=O)ON1C(=O)CCC1=O. The summed E-state index contributed by atoms with van der Waals surface area (Å²) in [5.41, 5.74) is 2.50. The third-order valence-electron chi connectivity index (χ3n) is 10.5. The molecule has 19 nitrogen and oxygen atoms in total. The number of hydrogen-bond acceptors (Lipinski definition) is 16. The lowest BCUT2D eigenvalue weighted by molar-refractivity contribution is -0.275. The van der Waals surface area contributed by atoms with Crippen molar-refractivity contribution in [1.29, 1.82) is 0 Å². The third-order valence-corrected chi connectivity index (χ3v) is 10.5. The summed E-state index contributed by atoms with van der Waals surface area (Å²) in [7, 11) is 1.49. The number of esters is 2. The lowest BCUT2D eigenvalue weighted by Crippen LogP contribution is -2.53. The summed E-state index contributed by atoms with van der Waals surface area (Å²) in [4.78, 5) is 76.5. The van der Waals surface area contributed by atoms with Crippen LogP contribution in [0.3, 0.4) is 0 Å². The first-order valence-electron chi connectivity index (χ1n) is 20.8. The number of aromatic nitrogens is 3. The summed E-state index contributed by atoms with van der Waals surface area (Å²) in [6.45, 7) is 6.32. The van der Waals surface area contributed by atoms with Crippen LogP contribution in [0.2, 0.25) is 0 Å². The number of halogens is 1. The highest BCUT2D eigenvalue weighted by Crippen LogP contribution is 2.35. The van der Waals surface area contributed by atoms with E-state index in [1.807, 2.05) is 32.0 Å². The molecule has 63 heavy (non-hydrogen) atoms. The van der Waals surface area contributed by atoms with Crippen molar-refractivity contribution in [3.8, 4) is 17.0 Å². The Labute approximate surface area is 364 Å². The minimum atomic E-state index is -0.934. The van der Waals surface area contributed by atoms with E-state index in [2.05, 4.69) is 15.6 Å². The van der Waals surface area contributed by atoms with Gasteiger partial charge in [-0.15, -0.1) is 19.8 Å². The molecule has 2 aliphatic rings. The van der Waals surface area contributed by atoms with E-state index in [9.17, 15) is 33.2 Å². The monoisotopic (exact) mass is 882 g/mol. The van der Waals surface area contributed by atoms with Crippen LogP contribution in [-0.4, -0.2) is 112 Å². The molecule has 342 valence electrons. The van der Waals surface area contributed by atoms with E-state index in [4.69, 9.17) is 33.3 Å². The maximum atomic E-state index is 15.0. The number of nitrogens with one attached hydrogen (secondary N) is 1. The number of hydrogen-bond donors (Lipinski definition) is 1. The topological polar surface area (TPSA) is 216 Å². The van der Waals surface area contributed by atoms with Crippen molar-refractivity contribution in [3.05, 3.63) is 65.9 Å². The highest BCUT2D eigenvalue weighted by molar-refractivity contribution is 6.01. The summed E-state index contributed by atoms with van der Waals surface area (Å²) in [6.07, 6.45) is -0.436. The van der Waals surface area contributed by atoms with E-state index in [1.165, 1.54) is 21.0 Å². The summed E-state index contributed by atoms with van der Waals surface area (Å²) in [5, 5.41) is 12.4.